The Labute approximate surface area is 163 Å². The van der Waals surface area contributed by atoms with E-state index in [9.17, 15) is 4.79 Å². The monoisotopic (exact) mass is 387 g/mol. The summed E-state index contributed by atoms with van der Waals surface area (Å²) in [5, 5.41) is 9.21. The highest BCUT2D eigenvalue weighted by Crippen LogP contribution is 2.22. The van der Waals surface area contributed by atoms with Crippen molar-refractivity contribution in [3.05, 3.63) is 64.7 Å². The molecule has 142 valence electrons. The van der Waals surface area contributed by atoms with Crippen molar-refractivity contribution in [1.29, 1.82) is 0 Å². The summed E-state index contributed by atoms with van der Waals surface area (Å²) >= 11 is 5.95. The van der Waals surface area contributed by atoms with E-state index < -0.39 is 0 Å². The van der Waals surface area contributed by atoms with Crippen molar-refractivity contribution in [2.45, 2.75) is 33.7 Å². The molecule has 0 bridgehead atoms. The molecule has 0 aliphatic carbocycles. The lowest BCUT2D eigenvalue weighted by atomic mass is 10.2. The fraction of sp³-hybridized carbons (Fsp3) is 0.316. The van der Waals surface area contributed by atoms with Gasteiger partial charge in [0.15, 0.2) is 12.4 Å². The van der Waals surface area contributed by atoms with Crippen LogP contribution in [0.2, 0.25) is 5.02 Å². The Balaban J connectivity index is 1.61. The topological polar surface area (TPSA) is 65.2 Å². The van der Waals surface area contributed by atoms with Crippen LogP contribution in [0.4, 0.5) is 0 Å². The minimum absolute atomic E-state index is 0.153. The van der Waals surface area contributed by atoms with E-state index in [-0.39, 0.29) is 12.6 Å². The zero-order chi connectivity index (χ0) is 19.4. The maximum Gasteiger partial charge on any atom is 0.274 e. The number of rotatable bonds is 7. The lowest BCUT2D eigenvalue weighted by Crippen LogP contribution is -2.28. The number of carbonyl (C=O) groups excluding carboxylic acids is 1. The van der Waals surface area contributed by atoms with E-state index in [4.69, 9.17) is 16.3 Å². The van der Waals surface area contributed by atoms with Gasteiger partial charge in [-0.3, -0.25) is 9.48 Å². The molecular weight excluding hydrogens is 366 g/mol. The first kappa shape index (κ1) is 19.0. The molecule has 0 saturated carbocycles. The summed E-state index contributed by atoms with van der Waals surface area (Å²) in [6, 6.07) is 9.03. The summed E-state index contributed by atoms with van der Waals surface area (Å²) in [5.41, 5.74) is 2.30. The van der Waals surface area contributed by atoms with Crippen molar-refractivity contribution in [3.8, 4) is 5.75 Å². The van der Waals surface area contributed by atoms with Crippen LogP contribution in [-0.4, -0.2) is 37.4 Å². The maximum absolute atomic E-state index is 12.6. The summed E-state index contributed by atoms with van der Waals surface area (Å²) in [5.74, 6) is 0.577. The van der Waals surface area contributed by atoms with Crippen LogP contribution in [0.3, 0.4) is 0 Å². The Kier molecular flexibility index (Phi) is 5.81. The van der Waals surface area contributed by atoms with Gasteiger partial charge < -0.3 is 9.64 Å². The molecular formula is C19H22ClN5O2. The Morgan fingerprint density at radius 2 is 2.11 bits per heavy atom. The second kappa shape index (κ2) is 8.26. The van der Waals surface area contributed by atoms with Crippen LogP contribution in [-0.2, 0) is 19.8 Å². The average Bonchev–Trinajstić information content (AvgIpc) is 3.29. The highest BCUT2D eigenvalue weighted by atomic mass is 35.5. The Hall–Kier alpha value is -2.80. The number of benzene rings is 1. The number of halogens is 1. The van der Waals surface area contributed by atoms with Gasteiger partial charge in [-0.2, -0.15) is 10.2 Å². The quantitative estimate of drug-likeness (QED) is 0.623. The van der Waals surface area contributed by atoms with Crippen LogP contribution in [0, 0.1) is 6.92 Å². The third-order valence-electron chi connectivity index (χ3n) is 4.20. The van der Waals surface area contributed by atoms with Gasteiger partial charge >= 0.3 is 0 Å². The van der Waals surface area contributed by atoms with Crippen LogP contribution < -0.4 is 4.74 Å². The molecule has 2 heterocycles. The average molecular weight is 388 g/mol. The number of carbonyl (C=O) groups is 1. The smallest absolute Gasteiger partial charge is 0.274 e. The van der Waals surface area contributed by atoms with E-state index in [0.717, 1.165) is 23.6 Å². The van der Waals surface area contributed by atoms with Crippen LogP contribution in [0.15, 0.2) is 42.7 Å². The summed E-state index contributed by atoms with van der Waals surface area (Å²) in [6.07, 6.45) is 3.46. The van der Waals surface area contributed by atoms with Crippen molar-refractivity contribution >= 4 is 17.5 Å². The SMILES string of the molecule is CCn1nccc1CN(C)C(=O)c1ccn(COc2ccc(Cl)cc2C)n1. The van der Waals surface area contributed by atoms with E-state index in [2.05, 4.69) is 10.2 Å². The molecule has 0 saturated heterocycles. The first-order valence-corrected chi connectivity index (χ1v) is 9.04. The predicted molar refractivity (Wildman–Crippen MR) is 103 cm³/mol. The van der Waals surface area contributed by atoms with Crippen molar-refractivity contribution in [3.63, 3.8) is 0 Å². The maximum atomic E-state index is 12.6. The molecule has 3 aromatic rings. The number of ether oxygens (including phenoxy) is 1. The number of amides is 1. The lowest BCUT2D eigenvalue weighted by Gasteiger charge is -2.16. The summed E-state index contributed by atoms with van der Waals surface area (Å²) in [6.45, 7) is 5.39. The van der Waals surface area contributed by atoms with Crippen molar-refractivity contribution in [1.82, 2.24) is 24.5 Å². The first-order valence-electron chi connectivity index (χ1n) is 8.66. The van der Waals surface area contributed by atoms with Crippen LogP contribution >= 0.6 is 11.6 Å². The number of hydrogen-bond acceptors (Lipinski definition) is 4. The molecule has 2 aromatic heterocycles. The number of hydrogen-bond donors (Lipinski definition) is 0. The Morgan fingerprint density at radius 1 is 1.30 bits per heavy atom. The van der Waals surface area contributed by atoms with E-state index in [1.807, 2.05) is 36.7 Å². The molecule has 8 heteroatoms. The molecule has 1 amide bonds. The molecule has 0 N–H and O–H groups in total. The minimum Gasteiger partial charge on any atom is -0.471 e. The van der Waals surface area contributed by atoms with Gasteiger partial charge in [-0.25, -0.2) is 4.68 Å². The molecule has 0 spiro atoms. The number of nitrogens with zero attached hydrogens (tertiary/aromatic N) is 5. The van der Waals surface area contributed by atoms with Gasteiger partial charge in [0.25, 0.3) is 5.91 Å². The largest absolute Gasteiger partial charge is 0.471 e. The normalized spacial score (nSPS) is 10.8. The highest BCUT2D eigenvalue weighted by Gasteiger charge is 2.16. The van der Waals surface area contributed by atoms with Crippen molar-refractivity contribution in [2.24, 2.45) is 0 Å². The van der Waals surface area contributed by atoms with Gasteiger partial charge in [-0.1, -0.05) is 11.6 Å². The molecule has 0 atom stereocenters. The molecule has 0 unspecified atom stereocenters. The van der Waals surface area contributed by atoms with Crippen LogP contribution in [0.1, 0.15) is 28.7 Å². The Morgan fingerprint density at radius 3 is 2.85 bits per heavy atom. The zero-order valence-corrected chi connectivity index (χ0v) is 16.3. The molecule has 1 aromatic carbocycles. The van der Waals surface area contributed by atoms with Crippen LogP contribution in [0.25, 0.3) is 0 Å². The van der Waals surface area contributed by atoms with Crippen molar-refractivity contribution < 1.29 is 9.53 Å². The second-order valence-electron chi connectivity index (χ2n) is 6.22. The fourth-order valence-electron chi connectivity index (χ4n) is 2.75. The van der Waals surface area contributed by atoms with Gasteiger partial charge in [0.05, 0.1) is 12.2 Å². The van der Waals surface area contributed by atoms with Crippen molar-refractivity contribution in [2.75, 3.05) is 7.05 Å². The van der Waals surface area contributed by atoms with E-state index in [1.165, 1.54) is 0 Å². The highest BCUT2D eigenvalue weighted by molar-refractivity contribution is 6.30. The molecule has 3 rings (SSSR count). The predicted octanol–water partition coefficient (Wildman–Crippen LogP) is 3.37. The third-order valence-corrected chi connectivity index (χ3v) is 4.43. The van der Waals surface area contributed by atoms with E-state index in [0.29, 0.717) is 17.3 Å². The van der Waals surface area contributed by atoms with Gasteiger partial charge in [0.2, 0.25) is 0 Å². The molecule has 7 nitrogen and oxygen atoms in total. The van der Waals surface area contributed by atoms with E-state index in [1.54, 1.807) is 41.2 Å². The summed E-state index contributed by atoms with van der Waals surface area (Å²) in [4.78, 5) is 14.2. The molecule has 0 fully saturated rings. The minimum atomic E-state index is -0.153. The Bertz CT molecular complexity index is 934. The zero-order valence-electron chi connectivity index (χ0n) is 15.6. The van der Waals surface area contributed by atoms with Gasteiger partial charge in [-0.05, 0) is 49.7 Å². The van der Waals surface area contributed by atoms with Gasteiger partial charge in [0, 0.05) is 31.0 Å². The third kappa shape index (κ3) is 4.49. The van der Waals surface area contributed by atoms with E-state index >= 15 is 0 Å². The summed E-state index contributed by atoms with van der Waals surface area (Å²) in [7, 11) is 1.75. The second-order valence-corrected chi connectivity index (χ2v) is 6.66. The molecule has 0 aliphatic rings. The summed E-state index contributed by atoms with van der Waals surface area (Å²) < 4.78 is 9.21. The fourth-order valence-corrected chi connectivity index (χ4v) is 2.97. The lowest BCUT2D eigenvalue weighted by molar-refractivity contribution is 0.0773. The number of aryl methyl sites for hydroxylation is 2. The standard InChI is InChI=1S/C19H22ClN5O2/c1-4-25-16(7-9-21-25)12-23(3)19(26)17-8-10-24(22-17)13-27-18-6-5-15(20)11-14(18)2/h5-11H,4,12-13H2,1-3H3. The molecule has 0 radical (unpaired) electrons. The first-order chi connectivity index (χ1) is 13.0. The number of aromatic nitrogens is 4. The van der Waals surface area contributed by atoms with Crippen LogP contribution in [0.5, 0.6) is 5.75 Å². The molecule has 27 heavy (non-hydrogen) atoms. The molecule has 0 aliphatic heterocycles. The van der Waals surface area contributed by atoms with Gasteiger partial charge in [-0.15, -0.1) is 0 Å². The van der Waals surface area contributed by atoms with Gasteiger partial charge in [0.1, 0.15) is 5.75 Å².